The van der Waals surface area contributed by atoms with Gasteiger partial charge in [0.2, 0.25) is 0 Å². The Labute approximate surface area is 101 Å². The molecule has 0 aliphatic rings. The first-order chi connectivity index (χ1) is 7.86. The van der Waals surface area contributed by atoms with Gasteiger partial charge in [-0.25, -0.2) is 4.39 Å². The summed E-state index contributed by atoms with van der Waals surface area (Å²) < 4.78 is 13.1. The SMILES string of the molecule is CC(C)C(C)(O)CNc1ccc(F)c(C#N)c1. The van der Waals surface area contributed by atoms with E-state index in [4.69, 9.17) is 5.26 Å². The van der Waals surface area contributed by atoms with Crippen LogP contribution in [0.1, 0.15) is 26.3 Å². The molecule has 0 fully saturated rings. The Bertz CT molecular complexity index is 436. The molecule has 0 saturated carbocycles. The van der Waals surface area contributed by atoms with Crippen LogP contribution in [0.5, 0.6) is 0 Å². The normalized spacial score (nSPS) is 14.2. The van der Waals surface area contributed by atoms with Crippen LogP contribution >= 0.6 is 0 Å². The molecule has 17 heavy (non-hydrogen) atoms. The monoisotopic (exact) mass is 236 g/mol. The fourth-order valence-electron chi connectivity index (χ4n) is 1.21. The van der Waals surface area contributed by atoms with E-state index in [0.29, 0.717) is 12.2 Å². The highest BCUT2D eigenvalue weighted by atomic mass is 19.1. The molecular formula is C13H17FN2O. The lowest BCUT2D eigenvalue weighted by atomic mass is 9.92. The van der Waals surface area contributed by atoms with Crippen molar-refractivity contribution < 1.29 is 9.50 Å². The van der Waals surface area contributed by atoms with E-state index in [1.54, 1.807) is 19.1 Å². The Morgan fingerprint density at radius 2 is 2.18 bits per heavy atom. The number of halogens is 1. The van der Waals surface area contributed by atoms with Crippen LogP contribution in [0.25, 0.3) is 0 Å². The molecule has 0 bridgehead atoms. The summed E-state index contributed by atoms with van der Waals surface area (Å²) in [6.45, 7) is 5.93. The van der Waals surface area contributed by atoms with E-state index in [0.717, 1.165) is 0 Å². The van der Waals surface area contributed by atoms with Gasteiger partial charge in [-0.15, -0.1) is 0 Å². The Hall–Kier alpha value is -1.60. The quantitative estimate of drug-likeness (QED) is 0.844. The van der Waals surface area contributed by atoms with E-state index in [2.05, 4.69) is 5.32 Å². The predicted octanol–water partition coefficient (Wildman–Crippen LogP) is 2.52. The molecule has 0 amide bonds. The summed E-state index contributed by atoms with van der Waals surface area (Å²) in [5.41, 5.74) is -0.218. The lowest BCUT2D eigenvalue weighted by molar-refractivity contribution is 0.0266. The number of nitriles is 1. The third kappa shape index (κ3) is 3.43. The van der Waals surface area contributed by atoms with Crippen molar-refractivity contribution in [1.29, 1.82) is 5.26 Å². The summed E-state index contributed by atoms with van der Waals surface area (Å²) in [5.74, 6) is -0.431. The zero-order chi connectivity index (χ0) is 13.1. The van der Waals surface area contributed by atoms with Crippen molar-refractivity contribution in [2.45, 2.75) is 26.4 Å². The van der Waals surface area contributed by atoms with E-state index in [-0.39, 0.29) is 11.5 Å². The van der Waals surface area contributed by atoms with Gasteiger partial charge in [0.05, 0.1) is 11.2 Å². The van der Waals surface area contributed by atoms with Gasteiger partial charge in [-0.05, 0) is 31.0 Å². The molecule has 4 heteroatoms. The van der Waals surface area contributed by atoms with Crippen molar-refractivity contribution in [3.8, 4) is 6.07 Å². The predicted molar refractivity (Wildman–Crippen MR) is 65.1 cm³/mol. The molecule has 0 heterocycles. The van der Waals surface area contributed by atoms with E-state index >= 15 is 0 Å². The van der Waals surface area contributed by atoms with Gasteiger partial charge in [0.25, 0.3) is 0 Å². The summed E-state index contributed by atoms with van der Waals surface area (Å²) in [5, 5.41) is 21.7. The average Bonchev–Trinajstić information content (AvgIpc) is 2.28. The van der Waals surface area contributed by atoms with Crippen molar-refractivity contribution in [3.63, 3.8) is 0 Å². The summed E-state index contributed by atoms with van der Waals surface area (Å²) in [6, 6.07) is 6.00. The number of benzene rings is 1. The van der Waals surface area contributed by atoms with Gasteiger partial charge in [-0.2, -0.15) is 5.26 Å². The second-order valence-electron chi connectivity index (χ2n) is 4.67. The number of anilines is 1. The zero-order valence-electron chi connectivity index (χ0n) is 10.3. The van der Waals surface area contributed by atoms with Gasteiger partial charge in [0.15, 0.2) is 0 Å². The molecule has 1 atom stereocenters. The van der Waals surface area contributed by atoms with Crippen molar-refractivity contribution in [2.75, 3.05) is 11.9 Å². The van der Waals surface area contributed by atoms with E-state index in [1.807, 2.05) is 13.8 Å². The van der Waals surface area contributed by atoms with Gasteiger partial charge in [0.1, 0.15) is 11.9 Å². The molecule has 0 aromatic heterocycles. The van der Waals surface area contributed by atoms with Crippen molar-refractivity contribution >= 4 is 5.69 Å². The highest BCUT2D eigenvalue weighted by Gasteiger charge is 2.24. The number of nitrogens with zero attached hydrogens (tertiary/aromatic N) is 1. The summed E-state index contributed by atoms with van der Waals surface area (Å²) >= 11 is 0. The smallest absolute Gasteiger partial charge is 0.141 e. The molecule has 0 aliphatic carbocycles. The van der Waals surface area contributed by atoms with E-state index in [9.17, 15) is 9.50 Å². The Morgan fingerprint density at radius 1 is 1.53 bits per heavy atom. The zero-order valence-corrected chi connectivity index (χ0v) is 10.3. The average molecular weight is 236 g/mol. The molecule has 2 N–H and O–H groups in total. The van der Waals surface area contributed by atoms with Crippen LogP contribution in [0.2, 0.25) is 0 Å². The first kappa shape index (κ1) is 13.5. The molecule has 0 saturated heterocycles. The van der Waals surface area contributed by atoms with Crippen molar-refractivity contribution in [2.24, 2.45) is 5.92 Å². The fraction of sp³-hybridized carbons (Fsp3) is 0.462. The lowest BCUT2D eigenvalue weighted by Gasteiger charge is -2.28. The van der Waals surface area contributed by atoms with Crippen molar-refractivity contribution in [3.05, 3.63) is 29.6 Å². The maximum Gasteiger partial charge on any atom is 0.141 e. The standard InChI is InChI=1S/C13H17FN2O/c1-9(2)13(3,17)8-16-11-4-5-12(14)10(6-11)7-15/h4-6,9,16-17H,8H2,1-3H3. The second kappa shape index (κ2) is 5.15. The molecule has 0 aliphatic heterocycles. The van der Waals surface area contributed by atoms with Crippen LogP contribution in [0, 0.1) is 23.1 Å². The highest BCUT2D eigenvalue weighted by molar-refractivity contribution is 5.50. The molecule has 1 unspecified atom stereocenters. The number of hydrogen-bond acceptors (Lipinski definition) is 3. The third-order valence-corrected chi connectivity index (χ3v) is 2.98. The topological polar surface area (TPSA) is 56.0 Å². The largest absolute Gasteiger partial charge is 0.388 e. The molecule has 92 valence electrons. The highest BCUT2D eigenvalue weighted by Crippen LogP contribution is 2.19. The first-order valence-electron chi connectivity index (χ1n) is 5.52. The van der Waals surface area contributed by atoms with Gasteiger partial charge in [0, 0.05) is 12.2 Å². The molecule has 0 spiro atoms. The van der Waals surface area contributed by atoms with Crippen molar-refractivity contribution in [1.82, 2.24) is 0 Å². The Kier molecular flexibility index (Phi) is 4.08. The van der Waals surface area contributed by atoms with Gasteiger partial charge in [-0.3, -0.25) is 0 Å². The summed E-state index contributed by atoms with van der Waals surface area (Å²) in [7, 11) is 0. The fourth-order valence-corrected chi connectivity index (χ4v) is 1.21. The lowest BCUT2D eigenvalue weighted by Crippen LogP contribution is -2.38. The molecular weight excluding hydrogens is 219 g/mol. The maximum atomic E-state index is 13.1. The first-order valence-corrected chi connectivity index (χ1v) is 5.52. The van der Waals surface area contributed by atoms with Crippen LogP contribution in [-0.4, -0.2) is 17.3 Å². The minimum Gasteiger partial charge on any atom is -0.388 e. The molecule has 3 nitrogen and oxygen atoms in total. The summed E-state index contributed by atoms with van der Waals surface area (Å²) in [6.07, 6.45) is 0. The minimum absolute atomic E-state index is 0.000750. The van der Waals surface area contributed by atoms with Crippen LogP contribution in [0.15, 0.2) is 18.2 Å². The van der Waals surface area contributed by atoms with Crippen LogP contribution in [0.4, 0.5) is 10.1 Å². The van der Waals surface area contributed by atoms with Crippen LogP contribution in [-0.2, 0) is 0 Å². The maximum absolute atomic E-state index is 13.1. The van der Waals surface area contributed by atoms with Gasteiger partial charge < -0.3 is 10.4 Å². The minimum atomic E-state index is -0.846. The molecule has 1 aromatic rings. The number of hydrogen-bond donors (Lipinski definition) is 2. The van der Waals surface area contributed by atoms with E-state index < -0.39 is 11.4 Å². The number of rotatable bonds is 4. The van der Waals surface area contributed by atoms with Crippen LogP contribution < -0.4 is 5.32 Å². The number of aliphatic hydroxyl groups is 1. The molecule has 1 rings (SSSR count). The summed E-state index contributed by atoms with van der Waals surface area (Å²) in [4.78, 5) is 0. The van der Waals surface area contributed by atoms with Gasteiger partial charge in [-0.1, -0.05) is 13.8 Å². The van der Waals surface area contributed by atoms with E-state index in [1.165, 1.54) is 12.1 Å². The van der Waals surface area contributed by atoms with Gasteiger partial charge >= 0.3 is 0 Å². The second-order valence-corrected chi connectivity index (χ2v) is 4.67. The van der Waals surface area contributed by atoms with Crippen LogP contribution in [0.3, 0.4) is 0 Å². The molecule has 0 radical (unpaired) electrons. The third-order valence-electron chi connectivity index (χ3n) is 2.98. The molecule has 1 aromatic carbocycles. The number of nitrogens with one attached hydrogen (secondary N) is 1. The Balaban J connectivity index is 2.74. The Morgan fingerprint density at radius 3 is 2.71 bits per heavy atom.